The standard InChI is InChI=1S/C26H34O4/c1-19(2)16-26(25(29)30-18-20(3)4,17-22-13-9-6-10-14-22)23(24(27)28)15-21-11-7-5-8-12-21/h5-14,19-20,23H,15-18H2,1-4H3,(H,27,28). The third-order valence-electron chi connectivity index (χ3n) is 5.34. The van der Waals surface area contributed by atoms with E-state index in [0.29, 0.717) is 12.8 Å². The van der Waals surface area contributed by atoms with Crippen LogP contribution in [-0.4, -0.2) is 23.7 Å². The van der Waals surface area contributed by atoms with Gasteiger partial charge in [0.25, 0.3) is 0 Å². The molecule has 0 bridgehead atoms. The summed E-state index contributed by atoms with van der Waals surface area (Å²) in [5, 5.41) is 10.3. The molecule has 0 radical (unpaired) electrons. The maximum atomic E-state index is 13.6. The lowest BCUT2D eigenvalue weighted by atomic mass is 9.64. The van der Waals surface area contributed by atoms with Gasteiger partial charge < -0.3 is 9.84 Å². The van der Waals surface area contributed by atoms with E-state index in [-0.39, 0.29) is 24.9 Å². The van der Waals surface area contributed by atoms with Crippen molar-refractivity contribution in [1.82, 2.24) is 0 Å². The fourth-order valence-electron chi connectivity index (χ4n) is 4.08. The zero-order chi connectivity index (χ0) is 22.1. The number of aliphatic carboxylic acids is 1. The summed E-state index contributed by atoms with van der Waals surface area (Å²) >= 11 is 0. The van der Waals surface area contributed by atoms with Crippen LogP contribution in [0.4, 0.5) is 0 Å². The molecule has 0 fully saturated rings. The van der Waals surface area contributed by atoms with Crippen molar-refractivity contribution in [3.8, 4) is 0 Å². The average molecular weight is 411 g/mol. The topological polar surface area (TPSA) is 63.6 Å². The van der Waals surface area contributed by atoms with Crippen LogP contribution in [0.2, 0.25) is 0 Å². The van der Waals surface area contributed by atoms with Gasteiger partial charge in [0.2, 0.25) is 0 Å². The Morgan fingerprint density at radius 2 is 1.40 bits per heavy atom. The summed E-state index contributed by atoms with van der Waals surface area (Å²) in [4.78, 5) is 26.1. The third-order valence-corrected chi connectivity index (χ3v) is 5.34. The van der Waals surface area contributed by atoms with Gasteiger partial charge in [0.1, 0.15) is 0 Å². The predicted octanol–water partition coefficient (Wildman–Crippen LogP) is 5.40. The second-order valence-electron chi connectivity index (χ2n) is 8.99. The number of hydrogen-bond acceptors (Lipinski definition) is 3. The Labute approximate surface area is 180 Å². The lowest BCUT2D eigenvalue weighted by Gasteiger charge is -2.38. The first-order valence-electron chi connectivity index (χ1n) is 10.7. The molecule has 0 saturated heterocycles. The monoisotopic (exact) mass is 410 g/mol. The maximum absolute atomic E-state index is 13.6. The molecule has 162 valence electrons. The lowest BCUT2D eigenvalue weighted by molar-refractivity contribution is -0.170. The minimum atomic E-state index is -1.15. The predicted molar refractivity (Wildman–Crippen MR) is 119 cm³/mol. The van der Waals surface area contributed by atoms with E-state index in [1.807, 2.05) is 88.4 Å². The zero-order valence-electron chi connectivity index (χ0n) is 18.5. The van der Waals surface area contributed by atoms with E-state index in [2.05, 4.69) is 0 Å². The van der Waals surface area contributed by atoms with Crippen LogP contribution in [0.3, 0.4) is 0 Å². The van der Waals surface area contributed by atoms with Crippen LogP contribution in [0.1, 0.15) is 45.2 Å². The van der Waals surface area contributed by atoms with Crippen LogP contribution in [0.25, 0.3) is 0 Å². The number of benzene rings is 2. The van der Waals surface area contributed by atoms with Gasteiger partial charge in [0, 0.05) is 0 Å². The van der Waals surface area contributed by atoms with Gasteiger partial charge in [0.05, 0.1) is 17.9 Å². The van der Waals surface area contributed by atoms with E-state index in [9.17, 15) is 14.7 Å². The molecule has 30 heavy (non-hydrogen) atoms. The molecule has 0 amide bonds. The fraction of sp³-hybridized carbons (Fsp3) is 0.462. The Kier molecular flexibility index (Phi) is 8.64. The maximum Gasteiger partial charge on any atom is 0.313 e. The molecule has 0 aromatic heterocycles. The third kappa shape index (κ3) is 6.45. The SMILES string of the molecule is CC(C)COC(=O)C(Cc1ccccc1)(CC(C)C)C(Cc1ccccc1)C(=O)O. The van der Waals surface area contributed by atoms with Gasteiger partial charge in [-0.25, -0.2) is 0 Å². The van der Waals surface area contributed by atoms with Crippen LogP contribution in [-0.2, 0) is 27.2 Å². The van der Waals surface area contributed by atoms with Crippen LogP contribution in [0, 0.1) is 23.2 Å². The first kappa shape index (κ1) is 23.7. The number of carboxylic acid groups (broad SMARTS) is 1. The van der Waals surface area contributed by atoms with Crippen LogP contribution < -0.4 is 0 Å². The average Bonchev–Trinajstić information content (AvgIpc) is 2.70. The van der Waals surface area contributed by atoms with Crippen molar-refractivity contribution >= 4 is 11.9 Å². The molecule has 2 atom stereocenters. The highest BCUT2D eigenvalue weighted by Crippen LogP contribution is 2.42. The molecule has 2 rings (SSSR count). The van der Waals surface area contributed by atoms with Crippen LogP contribution >= 0.6 is 0 Å². The summed E-state index contributed by atoms with van der Waals surface area (Å²) in [7, 11) is 0. The molecule has 0 aliphatic heterocycles. The first-order chi connectivity index (χ1) is 14.2. The van der Waals surface area contributed by atoms with Crippen molar-refractivity contribution in [3.05, 3.63) is 71.8 Å². The molecule has 0 saturated carbocycles. The van der Waals surface area contributed by atoms with Gasteiger partial charge in [-0.1, -0.05) is 88.4 Å². The van der Waals surface area contributed by atoms with Gasteiger partial charge in [-0.3, -0.25) is 9.59 Å². The normalized spacial score (nSPS) is 14.3. The highest BCUT2D eigenvalue weighted by Gasteiger charge is 2.50. The van der Waals surface area contributed by atoms with E-state index in [1.54, 1.807) is 0 Å². The Bertz CT molecular complexity index is 798. The molecule has 0 aliphatic carbocycles. The minimum Gasteiger partial charge on any atom is -0.481 e. The number of carboxylic acids is 1. The summed E-state index contributed by atoms with van der Waals surface area (Å²) in [6, 6.07) is 19.2. The van der Waals surface area contributed by atoms with E-state index < -0.39 is 23.3 Å². The fourth-order valence-corrected chi connectivity index (χ4v) is 4.08. The lowest BCUT2D eigenvalue weighted by Crippen LogP contribution is -2.47. The molecular formula is C26H34O4. The Morgan fingerprint density at radius 1 is 0.867 bits per heavy atom. The van der Waals surface area contributed by atoms with Crippen LogP contribution in [0.15, 0.2) is 60.7 Å². The van der Waals surface area contributed by atoms with Gasteiger partial charge in [-0.05, 0) is 42.2 Å². The highest BCUT2D eigenvalue weighted by molar-refractivity contribution is 5.85. The molecule has 0 aliphatic rings. The van der Waals surface area contributed by atoms with Crippen molar-refractivity contribution < 1.29 is 19.4 Å². The smallest absolute Gasteiger partial charge is 0.313 e. The molecule has 4 heteroatoms. The van der Waals surface area contributed by atoms with E-state index >= 15 is 0 Å². The second-order valence-corrected chi connectivity index (χ2v) is 8.99. The number of esters is 1. The number of hydrogen-bond donors (Lipinski definition) is 1. The Balaban J connectivity index is 2.55. The van der Waals surface area contributed by atoms with Gasteiger partial charge in [0.15, 0.2) is 0 Å². The van der Waals surface area contributed by atoms with Crippen LogP contribution in [0.5, 0.6) is 0 Å². The molecular weight excluding hydrogens is 376 g/mol. The number of carbonyl (C=O) groups is 2. The molecule has 1 N–H and O–H groups in total. The van der Waals surface area contributed by atoms with Crippen molar-refractivity contribution in [2.45, 2.75) is 47.0 Å². The van der Waals surface area contributed by atoms with E-state index in [1.165, 1.54) is 0 Å². The minimum absolute atomic E-state index is 0.137. The van der Waals surface area contributed by atoms with Gasteiger partial charge in [-0.15, -0.1) is 0 Å². The highest BCUT2D eigenvalue weighted by atomic mass is 16.5. The molecule has 0 spiro atoms. The Morgan fingerprint density at radius 3 is 1.87 bits per heavy atom. The summed E-state index contributed by atoms with van der Waals surface area (Å²) in [5.74, 6) is -1.94. The molecule has 4 nitrogen and oxygen atoms in total. The van der Waals surface area contributed by atoms with Crippen molar-refractivity contribution in [3.63, 3.8) is 0 Å². The summed E-state index contributed by atoms with van der Waals surface area (Å²) in [5.41, 5.74) is 0.702. The number of ether oxygens (including phenoxy) is 1. The summed E-state index contributed by atoms with van der Waals surface area (Å²) in [6.07, 6.45) is 1.07. The zero-order valence-corrected chi connectivity index (χ0v) is 18.5. The van der Waals surface area contributed by atoms with E-state index in [4.69, 9.17) is 4.74 Å². The van der Waals surface area contributed by atoms with E-state index in [0.717, 1.165) is 11.1 Å². The van der Waals surface area contributed by atoms with Crippen molar-refractivity contribution in [2.75, 3.05) is 6.61 Å². The quantitative estimate of drug-likeness (QED) is 0.504. The molecule has 2 unspecified atom stereocenters. The molecule has 2 aromatic carbocycles. The largest absolute Gasteiger partial charge is 0.481 e. The molecule has 2 aromatic rings. The number of rotatable bonds is 11. The second kappa shape index (κ2) is 11.0. The number of carbonyl (C=O) groups excluding carboxylic acids is 1. The first-order valence-corrected chi connectivity index (χ1v) is 10.7. The van der Waals surface area contributed by atoms with Crippen molar-refractivity contribution in [1.29, 1.82) is 0 Å². The summed E-state index contributed by atoms with van der Waals surface area (Å²) < 4.78 is 5.71. The van der Waals surface area contributed by atoms with Gasteiger partial charge in [-0.2, -0.15) is 0 Å². The van der Waals surface area contributed by atoms with Crippen molar-refractivity contribution in [2.24, 2.45) is 23.2 Å². The summed E-state index contributed by atoms with van der Waals surface area (Å²) in [6.45, 7) is 8.29. The molecule has 0 heterocycles. The Hall–Kier alpha value is -2.62. The van der Waals surface area contributed by atoms with Gasteiger partial charge >= 0.3 is 11.9 Å².